The zero-order chi connectivity index (χ0) is 21.7. The van der Waals surface area contributed by atoms with Crippen molar-refractivity contribution in [3.63, 3.8) is 0 Å². The number of nitrogens with zero attached hydrogens (tertiary/aromatic N) is 1. The van der Waals surface area contributed by atoms with Crippen LogP contribution >= 0.6 is 0 Å². The fourth-order valence-electron chi connectivity index (χ4n) is 2.58. The lowest BCUT2D eigenvalue weighted by molar-refractivity contribution is -0.117. The zero-order valence-corrected chi connectivity index (χ0v) is 17.6. The van der Waals surface area contributed by atoms with Crippen LogP contribution in [0.5, 0.6) is 5.75 Å². The lowest BCUT2D eigenvalue weighted by atomic mass is 10.2. The van der Waals surface area contributed by atoms with E-state index < -0.39 is 16.0 Å². The average molecular weight is 432 g/mol. The van der Waals surface area contributed by atoms with E-state index >= 15 is 0 Å². The fraction of sp³-hybridized carbons (Fsp3) is 0.333. The summed E-state index contributed by atoms with van der Waals surface area (Å²) in [6.45, 7) is 0.164. The van der Waals surface area contributed by atoms with Crippen LogP contribution in [0.3, 0.4) is 0 Å². The van der Waals surface area contributed by atoms with Crippen molar-refractivity contribution in [3.05, 3.63) is 54.1 Å². The van der Waals surface area contributed by atoms with Gasteiger partial charge in [-0.2, -0.15) is 0 Å². The van der Waals surface area contributed by atoms with Crippen LogP contribution < -0.4 is 10.1 Å². The highest BCUT2D eigenvalue weighted by Crippen LogP contribution is 2.30. The molecule has 2 aromatic rings. The molecule has 9 heteroatoms. The molecule has 0 heterocycles. The Balaban J connectivity index is 1.42. The number of benzene rings is 2. The van der Waals surface area contributed by atoms with Gasteiger partial charge in [0.25, 0.3) is 0 Å². The normalized spacial score (nSPS) is 13.7. The second-order valence-electron chi connectivity index (χ2n) is 7.08. The molecule has 1 aliphatic rings. The summed E-state index contributed by atoms with van der Waals surface area (Å²) in [5.41, 5.74) is 1.02. The lowest BCUT2D eigenvalue weighted by Crippen LogP contribution is -2.22. The number of hydrogen-bond donors (Lipinski definition) is 1. The van der Waals surface area contributed by atoms with Gasteiger partial charge in [0.1, 0.15) is 19.0 Å². The van der Waals surface area contributed by atoms with E-state index in [-0.39, 0.29) is 29.9 Å². The molecule has 8 nitrogen and oxygen atoms in total. The number of sulfonamides is 1. The van der Waals surface area contributed by atoms with Crippen LogP contribution in [0.2, 0.25) is 0 Å². The van der Waals surface area contributed by atoms with Crippen molar-refractivity contribution >= 4 is 27.6 Å². The Morgan fingerprint density at radius 1 is 1.00 bits per heavy atom. The summed E-state index contributed by atoms with van der Waals surface area (Å²) in [7, 11) is -0.558. The number of esters is 1. The molecule has 0 bridgehead atoms. The fourth-order valence-corrected chi connectivity index (χ4v) is 3.48. The van der Waals surface area contributed by atoms with E-state index in [1.807, 2.05) is 0 Å². The highest BCUT2D eigenvalue weighted by molar-refractivity contribution is 7.89. The summed E-state index contributed by atoms with van der Waals surface area (Å²) in [5, 5.41) is 2.81. The molecule has 2 aromatic carbocycles. The average Bonchev–Trinajstić information content (AvgIpc) is 3.57. The van der Waals surface area contributed by atoms with Gasteiger partial charge in [0.05, 0.1) is 10.5 Å². The van der Waals surface area contributed by atoms with Crippen molar-refractivity contribution in [1.82, 2.24) is 4.31 Å². The molecule has 0 saturated heterocycles. The third-order valence-corrected chi connectivity index (χ3v) is 6.35. The molecule has 1 aliphatic carbocycles. The molecule has 0 unspecified atom stereocenters. The number of anilines is 1. The van der Waals surface area contributed by atoms with Crippen LogP contribution in [0, 0.1) is 5.92 Å². The molecule has 30 heavy (non-hydrogen) atoms. The molecule has 1 fully saturated rings. The maximum Gasteiger partial charge on any atom is 0.338 e. The van der Waals surface area contributed by atoms with Crippen molar-refractivity contribution < 1.29 is 27.5 Å². The van der Waals surface area contributed by atoms with Gasteiger partial charge in [-0.1, -0.05) is 0 Å². The van der Waals surface area contributed by atoms with Crippen molar-refractivity contribution in [2.24, 2.45) is 5.92 Å². The number of amides is 1. The minimum atomic E-state index is -3.49. The summed E-state index contributed by atoms with van der Waals surface area (Å²) in [4.78, 5) is 24.0. The van der Waals surface area contributed by atoms with Crippen LogP contribution in [0.25, 0.3) is 0 Å². The first-order valence-electron chi connectivity index (χ1n) is 9.51. The van der Waals surface area contributed by atoms with Gasteiger partial charge in [-0.3, -0.25) is 4.79 Å². The van der Waals surface area contributed by atoms with E-state index in [9.17, 15) is 18.0 Å². The predicted molar refractivity (Wildman–Crippen MR) is 111 cm³/mol. The van der Waals surface area contributed by atoms with E-state index in [1.54, 1.807) is 36.4 Å². The van der Waals surface area contributed by atoms with Gasteiger partial charge in [-0.25, -0.2) is 17.5 Å². The third-order valence-electron chi connectivity index (χ3n) is 4.52. The van der Waals surface area contributed by atoms with Crippen molar-refractivity contribution in [3.8, 4) is 5.75 Å². The van der Waals surface area contributed by atoms with Gasteiger partial charge in [-0.15, -0.1) is 0 Å². The molecule has 0 spiro atoms. The maximum absolute atomic E-state index is 12.1. The zero-order valence-electron chi connectivity index (χ0n) is 16.8. The van der Waals surface area contributed by atoms with Gasteiger partial charge in [0, 0.05) is 25.7 Å². The van der Waals surface area contributed by atoms with E-state index in [1.165, 1.54) is 26.2 Å². The van der Waals surface area contributed by atoms with Gasteiger partial charge >= 0.3 is 5.97 Å². The summed E-state index contributed by atoms with van der Waals surface area (Å²) in [6.07, 6.45) is 1.86. The van der Waals surface area contributed by atoms with Crippen LogP contribution in [0.1, 0.15) is 23.2 Å². The predicted octanol–water partition coefficient (Wildman–Crippen LogP) is 2.52. The molecular weight excluding hydrogens is 408 g/mol. The minimum absolute atomic E-state index is 0.00909. The first kappa shape index (κ1) is 21.8. The first-order valence-corrected chi connectivity index (χ1v) is 10.9. The van der Waals surface area contributed by atoms with Gasteiger partial charge in [-0.05, 0) is 61.4 Å². The van der Waals surface area contributed by atoms with Crippen molar-refractivity contribution in [2.75, 3.05) is 32.6 Å². The monoisotopic (exact) mass is 432 g/mol. The van der Waals surface area contributed by atoms with E-state index in [2.05, 4.69) is 5.32 Å². The number of rotatable bonds is 9. The smallest absolute Gasteiger partial charge is 0.338 e. The van der Waals surface area contributed by atoms with Crippen molar-refractivity contribution in [2.45, 2.75) is 17.7 Å². The maximum atomic E-state index is 12.1. The van der Waals surface area contributed by atoms with Gasteiger partial charge < -0.3 is 14.8 Å². The summed E-state index contributed by atoms with van der Waals surface area (Å²) in [5.74, 6) is 0.101. The number of carbonyl (C=O) groups excluding carboxylic acids is 2. The van der Waals surface area contributed by atoms with Crippen LogP contribution in [-0.2, 0) is 19.6 Å². The number of carbonyl (C=O) groups is 2. The first-order chi connectivity index (χ1) is 14.3. The second-order valence-corrected chi connectivity index (χ2v) is 9.24. The molecule has 0 radical (unpaired) electrons. The Morgan fingerprint density at radius 2 is 1.63 bits per heavy atom. The molecule has 1 amide bonds. The molecule has 160 valence electrons. The number of ether oxygens (including phenoxy) is 2. The third kappa shape index (κ3) is 5.58. The summed E-state index contributed by atoms with van der Waals surface area (Å²) in [6, 6.07) is 12.5. The Hall–Kier alpha value is -2.91. The summed E-state index contributed by atoms with van der Waals surface area (Å²) >= 11 is 0. The van der Waals surface area contributed by atoms with Gasteiger partial charge in [0.2, 0.25) is 15.9 Å². The second kappa shape index (κ2) is 9.27. The van der Waals surface area contributed by atoms with Crippen LogP contribution in [0.15, 0.2) is 53.4 Å². The van der Waals surface area contributed by atoms with E-state index in [0.29, 0.717) is 17.0 Å². The molecule has 0 atom stereocenters. The number of hydrogen-bond acceptors (Lipinski definition) is 6. The highest BCUT2D eigenvalue weighted by atomic mass is 32.2. The molecule has 3 rings (SSSR count). The highest BCUT2D eigenvalue weighted by Gasteiger charge is 2.29. The van der Waals surface area contributed by atoms with Crippen LogP contribution in [-0.4, -0.2) is 51.9 Å². The quantitative estimate of drug-likeness (QED) is 0.483. The lowest BCUT2D eigenvalue weighted by Gasteiger charge is -2.12. The molecule has 1 saturated carbocycles. The van der Waals surface area contributed by atoms with Crippen molar-refractivity contribution in [1.29, 1.82) is 0 Å². The largest absolute Gasteiger partial charge is 0.490 e. The standard InChI is InChI=1S/C21H24N2O6S/c1-23(2)30(26,27)19-11-9-18(10-12-19)28-13-14-29-21(25)16-5-7-17(8-6-16)22-20(24)15-3-4-15/h5-12,15H,3-4,13-14H2,1-2H3,(H,22,24). The van der Waals surface area contributed by atoms with E-state index in [0.717, 1.165) is 17.1 Å². The Bertz CT molecular complexity index is 997. The molecular formula is C21H24N2O6S. The van der Waals surface area contributed by atoms with Gasteiger partial charge in [0.15, 0.2) is 0 Å². The topological polar surface area (TPSA) is 102 Å². The van der Waals surface area contributed by atoms with E-state index in [4.69, 9.17) is 9.47 Å². The Kier molecular flexibility index (Phi) is 6.73. The Morgan fingerprint density at radius 3 is 2.20 bits per heavy atom. The molecule has 0 aliphatic heterocycles. The Labute approximate surface area is 175 Å². The molecule has 1 N–H and O–H groups in total. The number of nitrogens with one attached hydrogen (secondary N) is 1. The summed E-state index contributed by atoms with van der Waals surface area (Å²) < 4.78 is 35.8. The van der Waals surface area contributed by atoms with Crippen LogP contribution in [0.4, 0.5) is 5.69 Å². The SMILES string of the molecule is CN(C)S(=O)(=O)c1ccc(OCCOC(=O)c2ccc(NC(=O)C3CC3)cc2)cc1. The molecule has 0 aromatic heterocycles. The minimum Gasteiger partial charge on any atom is -0.490 e.